The van der Waals surface area contributed by atoms with Gasteiger partial charge in [0.1, 0.15) is 4.21 Å². The molecule has 2 rings (SSSR count). The van der Waals surface area contributed by atoms with Crippen LogP contribution < -0.4 is 10.0 Å². The molecular weight excluding hydrogens is 300 g/mol. The number of rotatable bonds is 4. The topological polar surface area (TPSA) is 82.0 Å². The minimum Gasteiger partial charge on any atom is -0.545 e. The summed E-state index contributed by atoms with van der Waals surface area (Å²) in [6, 6.07) is 1.16. The Morgan fingerprint density at radius 2 is 2.05 bits per heavy atom. The van der Waals surface area contributed by atoms with Crippen molar-refractivity contribution in [2.24, 2.45) is 0 Å². The molecule has 1 aliphatic heterocycles. The zero-order valence-corrected chi connectivity index (χ0v) is 13.1. The van der Waals surface area contributed by atoms with E-state index in [0.29, 0.717) is 0 Å². The molecule has 1 aliphatic rings. The first-order valence-corrected chi connectivity index (χ1v) is 8.73. The summed E-state index contributed by atoms with van der Waals surface area (Å²) in [5.41, 5.74) is -0.0882. The summed E-state index contributed by atoms with van der Waals surface area (Å²) in [5, 5.41) is 12.0. The van der Waals surface area contributed by atoms with Crippen LogP contribution in [0.3, 0.4) is 0 Å². The molecule has 1 fully saturated rings. The quantitative estimate of drug-likeness (QED) is 0.726. The van der Waals surface area contributed by atoms with Crippen LogP contribution in [0, 0.1) is 0 Å². The van der Waals surface area contributed by atoms with E-state index in [1.165, 1.54) is 20.7 Å². The van der Waals surface area contributed by atoms with Crippen LogP contribution in [0.1, 0.15) is 23.2 Å². The molecule has 1 aromatic heterocycles. The second kappa shape index (κ2) is 5.80. The first-order chi connectivity index (χ1) is 9.32. The smallest absolute Gasteiger partial charge is 0.252 e. The third kappa shape index (κ3) is 3.03. The van der Waals surface area contributed by atoms with Gasteiger partial charge in [-0.2, -0.15) is 4.31 Å². The SMILES string of the molecule is CN(C1CC[NH+](C)CC1)S(=O)(=O)c1cc(C(=O)[O-])cs1. The van der Waals surface area contributed by atoms with Crippen LogP contribution in [0.5, 0.6) is 0 Å². The van der Waals surface area contributed by atoms with E-state index in [2.05, 4.69) is 7.05 Å². The lowest BCUT2D eigenvalue weighted by molar-refractivity contribution is -0.885. The number of sulfonamides is 1. The van der Waals surface area contributed by atoms with E-state index < -0.39 is 16.0 Å². The van der Waals surface area contributed by atoms with E-state index in [9.17, 15) is 18.3 Å². The van der Waals surface area contributed by atoms with Crippen LogP contribution in [-0.4, -0.2) is 51.9 Å². The van der Waals surface area contributed by atoms with E-state index in [4.69, 9.17) is 0 Å². The molecule has 0 radical (unpaired) electrons. The van der Waals surface area contributed by atoms with Gasteiger partial charge < -0.3 is 14.8 Å². The van der Waals surface area contributed by atoms with Gasteiger partial charge in [0.15, 0.2) is 0 Å². The number of thiophene rings is 1. The van der Waals surface area contributed by atoms with Crippen LogP contribution in [0.2, 0.25) is 0 Å². The van der Waals surface area contributed by atoms with E-state index in [1.807, 2.05) is 0 Å². The van der Waals surface area contributed by atoms with Crippen molar-refractivity contribution in [1.29, 1.82) is 0 Å². The maximum Gasteiger partial charge on any atom is 0.252 e. The Balaban J connectivity index is 2.18. The third-order valence-electron chi connectivity index (χ3n) is 3.77. The van der Waals surface area contributed by atoms with Crippen LogP contribution in [0.15, 0.2) is 15.7 Å². The van der Waals surface area contributed by atoms with Gasteiger partial charge in [-0.25, -0.2) is 8.42 Å². The van der Waals surface area contributed by atoms with Gasteiger partial charge in [-0.15, -0.1) is 11.3 Å². The number of piperidine rings is 1. The molecule has 0 amide bonds. The molecule has 1 saturated heterocycles. The Morgan fingerprint density at radius 3 is 2.55 bits per heavy atom. The largest absolute Gasteiger partial charge is 0.545 e. The van der Waals surface area contributed by atoms with Crippen LogP contribution in [0.4, 0.5) is 0 Å². The van der Waals surface area contributed by atoms with Crippen LogP contribution in [0.25, 0.3) is 0 Å². The third-order valence-corrected chi connectivity index (χ3v) is 7.09. The monoisotopic (exact) mass is 318 g/mol. The Kier molecular flexibility index (Phi) is 4.48. The van der Waals surface area contributed by atoms with Crippen molar-refractivity contribution in [3.63, 3.8) is 0 Å². The number of nitrogens with zero attached hydrogens (tertiary/aromatic N) is 1. The molecule has 0 spiro atoms. The molecule has 20 heavy (non-hydrogen) atoms. The molecule has 6 nitrogen and oxygen atoms in total. The summed E-state index contributed by atoms with van der Waals surface area (Å²) in [6.07, 6.45) is 1.64. The van der Waals surface area contributed by atoms with Crippen molar-refractivity contribution >= 4 is 27.3 Å². The number of carbonyl (C=O) groups is 1. The molecule has 8 heteroatoms. The first kappa shape index (κ1) is 15.4. The van der Waals surface area contributed by atoms with E-state index in [0.717, 1.165) is 37.3 Å². The fourth-order valence-electron chi connectivity index (χ4n) is 2.36. The standard InChI is InChI=1S/C12H18N2O4S2/c1-13-5-3-10(4-6-13)14(2)20(17,18)11-7-9(8-19-11)12(15)16/h7-8,10H,3-6H2,1-2H3,(H,15,16). The van der Waals surface area contributed by atoms with Crippen molar-refractivity contribution in [2.45, 2.75) is 23.1 Å². The Hall–Kier alpha value is -0.960. The highest BCUT2D eigenvalue weighted by Crippen LogP contribution is 2.25. The zero-order valence-electron chi connectivity index (χ0n) is 11.5. The average molecular weight is 318 g/mol. The van der Waals surface area contributed by atoms with Gasteiger partial charge in [-0.05, 0) is 6.07 Å². The zero-order chi connectivity index (χ0) is 14.9. The van der Waals surface area contributed by atoms with Gasteiger partial charge in [-0.1, -0.05) is 0 Å². The normalized spacial score (nSPS) is 23.9. The Morgan fingerprint density at radius 1 is 1.45 bits per heavy atom. The molecule has 1 aromatic rings. The molecule has 0 atom stereocenters. The van der Waals surface area contributed by atoms with Crippen molar-refractivity contribution < 1.29 is 23.2 Å². The van der Waals surface area contributed by atoms with Crippen molar-refractivity contribution in [3.8, 4) is 0 Å². The summed E-state index contributed by atoms with van der Waals surface area (Å²) in [6.45, 7) is 1.89. The Labute approximate surface area is 122 Å². The molecule has 112 valence electrons. The summed E-state index contributed by atoms with van der Waals surface area (Å²) >= 11 is 0.922. The lowest BCUT2D eigenvalue weighted by Crippen LogP contribution is -3.10. The number of quaternary nitrogens is 1. The summed E-state index contributed by atoms with van der Waals surface area (Å²) in [7, 11) is 0.0446. The second-order valence-electron chi connectivity index (χ2n) is 5.15. The number of hydrogen-bond donors (Lipinski definition) is 1. The van der Waals surface area contributed by atoms with Crippen molar-refractivity contribution in [3.05, 3.63) is 17.0 Å². The Bertz CT molecular complexity index is 588. The molecule has 1 N–H and O–H groups in total. The van der Waals surface area contributed by atoms with E-state index >= 15 is 0 Å². The number of likely N-dealkylation sites (tertiary alicyclic amines) is 1. The number of aromatic carboxylic acids is 1. The second-order valence-corrected chi connectivity index (χ2v) is 8.29. The predicted molar refractivity (Wildman–Crippen MR) is 73.2 cm³/mol. The number of carboxylic acid groups (broad SMARTS) is 1. The maximum atomic E-state index is 12.5. The molecule has 2 heterocycles. The van der Waals surface area contributed by atoms with E-state index in [-0.39, 0.29) is 15.8 Å². The minimum absolute atomic E-state index is 0.0165. The van der Waals surface area contributed by atoms with Gasteiger partial charge in [0.05, 0.1) is 26.1 Å². The molecule has 0 unspecified atom stereocenters. The number of nitrogens with one attached hydrogen (secondary N) is 1. The summed E-state index contributed by atoms with van der Waals surface area (Å²) in [5.74, 6) is -1.35. The highest BCUT2D eigenvalue weighted by atomic mass is 32.2. The van der Waals surface area contributed by atoms with Crippen molar-refractivity contribution in [1.82, 2.24) is 4.31 Å². The van der Waals surface area contributed by atoms with Gasteiger partial charge in [0.25, 0.3) is 10.0 Å². The van der Waals surface area contributed by atoms with Gasteiger partial charge in [0.2, 0.25) is 0 Å². The van der Waals surface area contributed by atoms with Gasteiger partial charge in [-0.3, -0.25) is 0 Å². The number of hydrogen-bond acceptors (Lipinski definition) is 5. The maximum absolute atomic E-state index is 12.5. The lowest BCUT2D eigenvalue weighted by atomic mass is 10.1. The summed E-state index contributed by atoms with van der Waals surface area (Å²) in [4.78, 5) is 12.1. The molecule has 0 aliphatic carbocycles. The highest BCUT2D eigenvalue weighted by Gasteiger charge is 2.32. The molecular formula is C12H18N2O4S2. The van der Waals surface area contributed by atoms with Crippen LogP contribution >= 0.6 is 11.3 Å². The number of carbonyl (C=O) groups excluding carboxylic acids is 1. The lowest BCUT2D eigenvalue weighted by Gasteiger charge is -2.32. The van der Waals surface area contributed by atoms with Gasteiger partial charge >= 0.3 is 0 Å². The van der Waals surface area contributed by atoms with Gasteiger partial charge in [0, 0.05) is 36.9 Å². The summed E-state index contributed by atoms with van der Waals surface area (Å²) < 4.78 is 26.4. The fourth-order valence-corrected chi connectivity index (χ4v) is 5.10. The molecule has 0 bridgehead atoms. The predicted octanol–water partition coefficient (Wildman–Crippen LogP) is -1.59. The minimum atomic E-state index is -3.62. The first-order valence-electron chi connectivity index (χ1n) is 6.41. The average Bonchev–Trinajstić information content (AvgIpc) is 2.89. The highest BCUT2D eigenvalue weighted by molar-refractivity contribution is 7.91. The molecule has 0 aromatic carbocycles. The molecule has 0 saturated carbocycles. The van der Waals surface area contributed by atoms with Crippen LogP contribution in [-0.2, 0) is 10.0 Å². The fraction of sp³-hybridized carbons (Fsp3) is 0.583. The number of carboxylic acids is 1. The van der Waals surface area contributed by atoms with E-state index in [1.54, 1.807) is 7.05 Å². The van der Waals surface area contributed by atoms with Crippen molar-refractivity contribution in [2.75, 3.05) is 27.2 Å².